The SMILES string of the molecule is O=Cc1cc(OCCCCCC(=O)O)ccc1[N+](=O)[O-]. The van der Waals surface area contributed by atoms with E-state index in [1.807, 2.05) is 0 Å². The molecule has 0 aromatic heterocycles. The van der Waals surface area contributed by atoms with Crippen molar-refractivity contribution in [3.05, 3.63) is 33.9 Å². The molecule has 0 radical (unpaired) electrons. The number of carbonyl (C=O) groups is 2. The average molecular weight is 281 g/mol. The molecule has 0 spiro atoms. The number of nitrogens with zero attached hydrogens (tertiary/aromatic N) is 1. The fraction of sp³-hybridized carbons (Fsp3) is 0.385. The van der Waals surface area contributed by atoms with Crippen LogP contribution in [0.2, 0.25) is 0 Å². The van der Waals surface area contributed by atoms with E-state index >= 15 is 0 Å². The summed E-state index contributed by atoms with van der Waals surface area (Å²) >= 11 is 0. The Balaban J connectivity index is 2.43. The Hall–Kier alpha value is -2.44. The molecule has 0 aliphatic carbocycles. The van der Waals surface area contributed by atoms with Gasteiger partial charge in [0.05, 0.1) is 17.1 Å². The van der Waals surface area contributed by atoms with Crippen molar-refractivity contribution in [2.24, 2.45) is 0 Å². The molecule has 1 aromatic rings. The van der Waals surface area contributed by atoms with Gasteiger partial charge in [0.2, 0.25) is 0 Å². The monoisotopic (exact) mass is 281 g/mol. The summed E-state index contributed by atoms with van der Waals surface area (Å²) in [6.07, 6.45) is 2.53. The predicted molar refractivity (Wildman–Crippen MR) is 70.1 cm³/mol. The van der Waals surface area contributed by atoms with Crippen molar-refractivity contribution >= 4 is 17.9 Å². The molecule has 0 aliphatic rings. The standard InChI is InChI=1S/C13H15NO6/c15-9-10-8-11(5-6-12(10)14(18)19)20-7-3-1-2-4-13(16)17/h5-6,8-9H,1-4,7H2,(H,16,17). The van der Waals surface area contributed by atoms with Gasteiger partial charge in [-0.1, -0.05) is 0 Å². The van der Waals surface area contributed by atoms with E-state index in [0.29, 0.717) is 31.5 Å². The fourth-order valence-corrected chi connectivity index (χ4v) is 1.63. The minimum Gasteiger partial charge on any atom is -0.494 e. The molecule has 0 unspecified atom stereocenters. The predicted octanol–water partition coefficient (Wildman–Crippen LogP) is 2.43. The van der Waals surface area contributed by atoms with Crippen molar-refractivity contribution < 1.29 is 24.4 Å². The maximum atomic E-state index is 10.7. The molecule has 7 nitrogen and oxygen atoms in total. The smallest absolute Gasteiger partial charge is 0.303 e. The number of nitro groups is 1. The van der Waals surface area contributed by atoms with Crippen molar-refractivity contribution in [2.75, 3.05) is 6.61 Å². The number of rotatable bonds is 9. The largest absolute Gasteiger partial charge is 0.494 e. The maximum Gasteiger partial charge on any atom is 0.303 e. The van der Waals surface area contributed by atoms with Crippen molar-refractivity contribution in [3.8, 4) is 5.75 Å². The summed E-state index contributed by atoms with van der Waals surface area (Å²) in [4.78, 5) is 31.1. The third-order valence-corrected chi connectivity index (χ3v) is 2.63. The van der Waals surface area contributed by atoms with Crippen LogP contribution in [0, 0.1) is 10.1 Å². The summed E-state index contributed by atoms with van der Waals surface area (Å²) in [7, 11) is 0. The normalized spacial score (nSPS) is 10.0. The summed E-state index contributed by atoms with van der Waals surface area (Å²) in [5.74, 6) is -0.437. The van der Waals surface area contributed by atoms with Crippen LogP contribution in [-0.2, 0) is 4.79 Å². The zero-order valence-corrected chi connectivity index (χ0v) is 10.8. The van der Waals surface area contributed by atoms with E-state index in [4.69, 9.17) is 9.84 Å². The summed E-state index contributed by atoms with van der Waals surface area (Å²) in [6.45, 7) is 0.371. The van der Waals surface area contributed by atoms with Crippen molar-refractivity contribution in [1.29, 1.82) is 0 Å². The third-order valence-electron chi connectivity index (χ3n) is 2.63. The summed E-state index contributed by atoms with van der Waals surface area (Å²) < 4.78 is 5.36. The lowest BCUT2D eigenvalue weighted by molar-refractivity contribution is -0.385. The number of carboxylic acids is 1. The molecule has 0 bridgehead atoms. The van der Waals surface area contributed by atoms with Gasteiger partial charge in [-0.05, 0) is 31.4 Å². The highest BCUT2D eigenvalue weighted by atomic mass is 16.6. The number of aliphatic carboxylic acids is 1. The van der Waals surface area contributed by atoms with Crippen LogP contribution in [0.3, 0.4) is 0 Å². The van der Waals surface area contributed by atoms with Crippen molar-refractivity contribution in [3.63, 3.8) is 0 Å². The highest BCUT2D eigenvalue weighted by molar-refractivity contribution is 5.82. The molecule has 0 amide bonds. The van der Waals surface area contributed by atoms with Crippen LogP contribution in [0.4, 0.5) is 5.69 Å². The number of carbonyl (C=O) groups excluding carboxylic acids is 1. The van der Waals surface area contributed by atoms with Gasteiger partial charge < -0.3 is 9.84 Å². The van der Waals surface area contributed by atoms with Crippen LogP contribution in [0.15, 0.2) is 18.2 Å². The van der Waals surface area contributed by atoms with Crippen molar-refractivity contribution in [2.45, 2.75) is 25.7 Å². The van der Waals surface area contributed by atoms with Gasteiger partial charge in [-0.15, -0.1) is 0 Å². The number of hydrogen-bond acceptors (Lipinski definition) is 5. The van der Waals surface area contributed by atoms with Gasteiger partial charge in [-0.25, -0.2) is 0 Å². The number of benzene rings is 1. The first-order valence-corrected chi connectivity index (χ1v) is 6.13. The molecule has 7 heteroatoms. The molecule has 0 saturated heterocycles. The number of nitro benzene ring substituents is 1. The summed E-state index contributed by atoms with van der Waals surface area (Å²) in [5.41, 5.74) is -0.285. The highest BCUT2D eigenvalue weighted by Crippen LogP contribution is 2.22. The van der Waals surface area contributed by atoms with Crippen LogP contribution in [-0.4, -0.2) is 28.9 Å². The molecule has 0 aliphatic heterocycles. The minimum atomic E-state index is -0.822. The molecular formula is C13H15NO6. The quantitative estimate of drug-likeness (QED) is 0.322. The molecular weight excluding hydrogens is 266 g/mol. The van der Waals surface area contributed by atoms with E-state index < -0.39 is 10.9 Å². The molecule has 108 valence electrons. The van der Waals surface area contributed by atoms with Crippen LogP contribution in [0.5, 0.6) is 5.75 Å². The third kappa shape index (κ3) is 5.05. The van der Waals surface area contributed by atoms with Gasteiger partial charge in [0.15, 0.2) is 6.29 Å². The fourth-order valence-electron chi connectivity index (χ4n) is 1.63. The molecule has 1 rings (SSSR count). The van der Waals surface area contributed by atoms with Crippen LogP contribution < -0.4 is 4.74 Å². The number of unbranched alkanes of at least 4 members (excludes halogenated alkanes) is 2. The van der Waals surface area contributed by atoms with E-state index in [2.05, 4.69) is 0 Å². The van der Waals surface area contributed by atoms with Crippen LogP contribution in [0.25, 0.3) is 0 Å². The first-order valence-electron chi connectivity index (χ1n) is 6.13. The Morgan fingerprint density at radius 2 is 2.10 bits per heavy atom. The van der Waals surface area contributed by atoms with Crippen molar-refractivity contribution in [1.82, 2.24) is 0 Å². The molecule has 0 fully saturated rings. The lowest BCUT2D eigenvalue weighted by Gasteiger charge is -2.06. The lowest BCUT2D eigenvalue weighted by atomic mass is 10.2. The molecule has 1 N–H and O–H groups in total. The Bertz CT molecular complexity index is 500. The molecule has 0 heterocycles. The first kappa shape index (κ1) is 15.6. The van der Waals surface area contributed by atoms with Crippen LogP contribution >= 0.6 is 0 Å². The van der Waals surface area contributed by atoms with E-state index in [-0.39, 0.29) is 17.7 Å². The number of hydrogen-bond donors (Lipinski definition) is 1. The lowest BCUT2D eigenvalue weighted by Crippen LogP contribution is -2.00. The topological polar surface area (TPSA) is 107 Å². The van der Waals surface area contributed by atoms with Crippen LogP contribution in [0.1, 0.15) is 36.0 Å². The zero-order chi connectivity index (χ0) is 15.0. The summed E-state index contributed by atoms with van der Waals surface area (Å²) in [6, 6.07) is 3.98. The first-order chi connectivity index (χ1) is 9.54. The molecule has 0 saturated carbocycles. The Labute approximate surface area is 115 Å². The zero-order valence-electron chi connectivity index (χ0n) is 10.8. The second-order valence-electron chi connectivity index (χ2n) is 4.15. The van der Waals surface area contributed by atoms with Gasteiger partial charge in [0.25, 0.3) is 5.69 Å². The maximum absolute atomic E-state index is 10.7. The second kappa shape index (κ2) is 7.88. The van der Waals surface area contributed by atoms with Gasteiger partial charge in [0, 0.05) is 12.5 Å². The molecule has 1 aromatic carbocycles. The molecule has 20 heavy (non-hydrogen) atoms. The van der Waals surface area contributed by atoms with Gasteiger partial charge in [-0.3, -0.25) is 19.7 Å². The highest BCUT2D eigenvalue weighted by Gasteiger charge is 2.13. The average Bonchev–Trinajstić information content (AvgIpc) is 2.41. The second-order valence-corrected chi connectivity index (χ2v) is 4.15. The Kier molecular flexibility index (Phi) is 6.15. The Morgan fingerprint density at radius 1 is 1.35 bits per heavy atom. The number of aldehydes is 1. The van der Waals surface area contributed by atoms with E-state index in [1.165, 1.54) is 18.2 Å². The molecule has 0 atom stereocenters. The number of carboxylic acid groups (broad SMARTS) is 1. The summed E-state index contributed by atoms with van der Waals surface area (Å²) in [5, 5.41) is 19.1. The van der Waals surface area contributed by atoms with E-state index in [1.54, 1.807) is 0 Å². The van der Waals surface area contributed by atoms with Gasteiger partial charge >= 0.3 is 5.97 Å². The minimum absolute atomic E-state index is 0.0293. The number of ether oxygens (including phenoxy) is 1. The van der Waals surface area contributed by atoms with Gasteiger partial charge in [0.1, 0.15) is 5.75 Å². The van der Waals surface area contributed by atoms with E-state index in [0.717, 1.165) is 6.42 Å². The van der Waals surface area contributed by atoms with Gasteiger partial charge in [-0.2, -0.15) is 0 Å². The Morgan fingerprint density at radius 3 is 2.70 bits per heavy atom. The van der Waals surface area contributed by atoms with E-state index in [9.17, 15) is 19.7 Å².